The minimum atomic E-state index is -4.80. The van der Waals surface area contributed by atoms with Gasteiger partial charge in [-0.25, -0.2) is 9.18 Å². The third kappa shape index (κ3) is 4.21. The van der Waals surface area contributed by atoms with Crippen LogP contribution in [-0.4, -0.2) is 42.9 Å². The molecule has 1 N–H and O–H groups in total. The van der Waals surface area contributed by atoms with Gasteiger partial charge in [0.1, 0.15) is 17.3 Å². The van der Waals surface area contributed by atoms with Gasteiger partial charge in [0.2, 0.25) is 0 Å². The Bertz CT molecular complexity index is 1160. The molecule has 0 saturated carbocycles. The van der Waals surface area contributed by atoms with Crippen molar-refractivity contribution in [2.45, 2.75) is 30.0 Å². The van der Waals surface area contributed by atoms with Crippen molar-refractivity contribution in [2.24, 2.45) is 0 Å². The van der Waals surface area contributed by atoms with Crippen LogP contribution in [0.2, 0.25) is 0 Å². The molecule has 178 valence electrons. The van der Waals surface area contributed by atoms with E-state index in [4.69, 9.17) is 4.74 Å². The molecule has 1 aromatic carbocycles. The molecule has 3 atom stereocenters. The molecule has 6 nitrogen and oxygen atoms in total. The molecule has 2 aromatic rings. The summed E-state index contributed by atoms with van der Waals surface area (Å²) in [5.41, 5.74) is -2.61. The topological polar surface area (TPSA) is 77.5 Å². The van der Waals surface area contributed by atoms with Crippen LogP contribution >= 0.6 is 0 Å². The maximum atomic E-state index is 14.6. The van der Waals surface area contributed by atoms with E-state index >= 15 is 0 Å². The number of esters is 1. The number of methoxy groups -OCH3 is 1. The summed E-state index contributed by atoms with van der Waals surface area (Å²) in [5, 5.41) is 2.58. The zero-order valence-electron chi connectivity index (χ0n) is 17.9. The van der Waals surface area contributed by atoms with Gasteiger partial charge in [-0.05, 0) is 48.4 Å². The van der Waals surface area contributed by atoms with Crippen molar-refractivity contribution < 1.29 is 36.6 Å². The van der Waals surface area contributed by atoms with Crippen LogP contribution in [0.1, 0.15) is 23.6 Å². The Balaban J connectivity index is 1.70. The molecule has 0 spiro atoms. The maximum Gasteiger partial charge on any atom is 0.403 e. The summed E-state index contributed by atoms with van der Waals surface area (Å²) in [4.78, 5) is 28.8. The van der Waals surface area contributed by atoms with E-state index in [9.17, 15) is 27.2 Å². The SMILES string of the molecule is COC(=O)C1=CC(c2ncccc2C2COC2C(=O)Nc2ccc(F)cc2)(C(F)(F)F)CC=C1. The zero-order chi connectivity index (χ0) is 24.5. The van der Waals surface area contributed by atoms with Gasteiger partial charge >= 0.3 is 12.1 Å². The molecule has 2 aliphatic rings. The number of hydrogen-bond donors (Lipinski definition) is 1. The lowest BCUT2D eigenvalue weighted by molar-refractivity contribution is -0.177. The molecule has 34 heavy (non-hydrogen) atoms. The van der Waals surface area contributed by atoms with Crippen LogP contribution in [0.25, 0.3) is 0 Å². The van der Waals surface area contributed by atoms with E-state index in [-0.39, 0.29) is 23.4 Å². The normalized spacial score (nSPS) is 24.1. The Morgan fingerprint density at radius 3 is 2.56 bits per heavy atom. The number of pyridine rings is 1. The third-order valence-electron chi connectivity index (χ3n) is 5.92. The summed E-state index contributed by atoms with van der Waals surface area (Å²) in [6, 6.07) is 8.03. The molecular weight excluding hydrogens is 456 g/mol. The highest BCUT2D eigenvalue weighted by atomic mass is 19.4. The largest absolute Gasteiger partial charge is 0.465 e. The molecule has 1 aliphatic carbocycles. The number of anilines is 1. The van der Waals surface area contributed by atoms with Crippen molar-refractivity contribution >= 4 is 17.6 Å². The number of carbonyl (C=O) groups excluding carboxylic acids is 2. The number of nitrogens with one attached hydrogen (secondary N) is 1. The second-order valence-corrected chi connectivity index (χ2v) is 7.96. The Labute approximate surface area is 192 Å². The number of halogens is 4. The predicted octanol–water partition coefficient (Wildman–Crippen LogP) is 4.20. The van der Waals surface area contributed by atoms with Gasteiger partial charge in [0.15, 0.2) is 0 Å². The smallest absolute Gasteiger partial charge is 0.403 e. The van der Waals surface area contributed by atoms with Gasteiger partial charge in [-0.3, -0.25) is 9.78 Å². The highest BCUT2D eigenvalue weighted by molar-refractivity contribution is 5.95. The average molecular weight is 476 g/mol. The van der Waals surface area contributed by atoms with Crippen molar-refractivity contribution in [3.05, 3.63) is 83.5 Å². The molecule has 1 fully saturated rings. The minimum Gasteiger partial charge on any atom is -0.465 e. The van der Waals surface area contributed by atoms with Crippen LogP contribution in [0.4, 0.5) is 23.2 Å². The monoisotopic (exact) mass is 476 g/mol. The van der Waals surface area contributed by atoms with Gasteiger partial charge in [-0.1, -0.05) is 18.2 Å². The van der Waals surface area contributed by atoms with E-state index in [0.29, 0.717) is 5.69 Å². The Morgan fingerprint density at radius 2 is 1.94 bits per heavy atom. The number of benzene rings is 1. The summed E-state index contributed by atoms with van der Waals surface area (Å²) >= 11 is 0. The fourth-order valence-corrected chi connectivity index (χ4v) is 4.12. The van der Waals surface area contributed by atoms with Crippen LogP contribution in [-0.2, 0) is 24.5 Å². The van der Waals surface area contributed by atoms with Gasteiger partial charge in [-0.2, -0.15) is 13.2 Å². The maximum absolute atomic E-state index is 14.6. The lowest BCUT2D eigenvalue weighted by Crippen LogP contribution is -2.49. The van der Waals surface area contributed by atoms with Gasteiger partial charge in [0.25, 0.3) is 5.91 Å². The van der Waals surface area contributed by atoms with Crippen LogP contribution in [0.3, 0.4) is 0 Å². The highest BCUT2D eigenvalue weighted by Crippen LogP contribution is 2.50. The lowest BCUT2D eigenvalue weighted by atomic mass is 9.71. The molecular formula is C24H20F4N2O4. The number of nitrogens with zero attached hydrogens (tertiary/aromatic N) is 1. The number of amides is 1. The second kappa shape index (κ2) is 9.02. The van der Waals surface area contributed by atoms with Crippen molar-refractivity contribution in [2.75, 3.05) is 19.0 Å². The van der Waals surface area contributed by atoms with Crippen LogP contribution in [0, 0.1) is 5.82 Å². The van der Waals surface area contributed by atoms with Crippen molar-refractivity contribution in [1.29, 1.82) is 0 Å². The molecule has 1 amide bonds. The van der Waals surface area contributed by atoms with Crippen molar-refractivity contribution in [1.82, 2.24) is 4.98 Å². The molecule has 4 rings (SSSR count). The van der Waals surface area contributed by atoms with Crippen LogP contribution in [0.15, 0.2) is 66.4 Å². The molecule has 1 saturated heterocycles. The average Bonchev–Trinajstić information content (AvgIpc) is 2.79. The fraction of sp³-hybridized carbons (Fsp3) is 0.292. The van der Waals surface area contributed by atoms with Gasteiger partial charge in [-0.15, -0.1) is 0 Å². The van der Waals surface area contributed by atoms with E-state index < -0.39 is 47.7 Å². The van der Waals surface area contributed by atoms with E-state index in [2.05, 4.69) is 15.0 Å². The molecule has 0 bridgehead atoms. The quantitative estimate of drug-likeness (QED) is 0.517. The Morgan fingerprint density at radius 1 is 1.21 bits per heavy atom. The molecule has 1 aliphatic heterocycles. The van der Waals surface area contributed by atoms with Crippen LogP contribution in [0.5, 0.6) is 0 Å². The van der Waals surface area contributed by atoms with E-state index in [0.717, 1.165) is 13.2 Å². The zero-order valence-corrected chi connectivity index (χ0v) is 17.9. The number of alkyl halides is 3. The lowest BCUT2D eigenvalue weighted by Gasteiger charge is -2.40. The molecule has 2 heterocycles. The molecule has 10 heteroatoms. The number of hydrogen-bond acceptors (Lipinski definition) is 5. The first-order valence-corrected chi connectivity index (χ1v) is 10.3. The van der Waals surface area contributed by atoms with Crippen LogP contribution < -0.4 is 5.32 Å². The minimum absolute atomic E-state index is 0.0115. The first-order valence-electron chi connectivity index (χ1n) is 10.3. The standard InChI is InChI=1S/C24H20F4N2O4/c1-33-22(32)14-4-2-10-23(12-14,24(26,27)28)20-17(5-3-11-29-20)18-13-34-19(18)21(31)30-16-8-6-15(25)7-9-16/h2-9,11-12,18-19H,10,13H2,1H3,(H,30,31). The second-order valence-electron chi connectivity index (χ2n) is 7.96. The number of allylic oxidation sites excluding steroid dienone is 2. The summed E-state index contributed by atoms with van der Waals surface area (Å²) in [5.74, 6) is -2.66. The molecule has 0 radical (unpaired) electrons. The highest BCUT2D eigenvalue weighted by Gasteiger charge is 2.58. The summed E-state index contributed by atoms with van der Waals surface area (Å²) in [7, 11) is 1.09. The van der Waals surface area contributed by atoms with E-state index in [1.54, 1.807) is 0 Å². The summed E-state index contributed by atoms with van der Waals surface area (Å²) in [6.07, 6.45) is -1.72. The third-order valence-corrected chi connectivity index (χ3v) is 5.92. The fourth-order valence-electron chi connectivity index (χ4n) is 4.12. The number of aromatic nitrogens is 1. The number of rotatable bonds is 5. The van der Waals surface area contributed by atoms with E-state index in [1.807, 2.05) is 0 Å². The van der Waals surface area contributed by atoms with Gasteiger partial charge < -0.3 is 14.8 Å². The summed E-state index contributed by atoms with van der Waals surface area (Å²) in [6.45, 7) is 0.0115. The molecule has 1 aromatic heterocycles. The first kappa shape index (κ1) is 23.6. The van der Waals surface area contributed by atoms with Crippen molar-refractivity contribution in [3.8, 4) is 0 Å². The van der Waals surface area contributed by atoms with E-state index in [1.165, 1.54) is 54.7 Å². The van der Waals surface area contributed by atoms with Crippen molar-refractivity contribution in [3.63, 3.8) is 0 Å². The first-order chi connectivity index (χ1) is 16.2. The van der Waals surface area contributed by atoms with Gasteiger partial charge in [0, 0.05) is 17.8 Å². The molecule has 3 unspecified atom stereocenters. The Hall–Kier alpha value is -3.53. The summed E-state index contributed by atoms with van der Waals surface area (Å²) < 4.78 is 66.8. The number of carbonyl (C=O) groups is 2. The Kier molecular flexibility index (Phi) is 6.26. The number of ether oxygens (including phenoxy) is 2. The van der Waals surface area contributed by atoms with Gasteiger partial charge in [0.05, 0.1) is 25.0 Å². The predicted molar refractivity (Wildman–Crippen MR) is 113 cm³/mol.